The van der Waals surface area contributed by atoms with E-state index in [-0.39, 0.29) is 29.7 Å². The summed E-state index contributed by atoms with van der Waals surface area (Å²) in [7, 11) is 5.10. The Bertz CT molecular complexity index is 578. The number of rotatable bonds is 8. The van der Waals surface area contributed by atoms with Crippen molar-refractivity contribution in [3.8, 4) is 11.5 Å². The van der Waals surface area contributed by atoms with Crippen molar-refractivity contribution in [3.05, 3.63) is 23.8 Å². The van der Waals surface area contributed by atoms with Gasteiger partial charge in [0.1, 0.15) is 11.5 Å². The van der Waals surface area contributed by atoms with E-state index in [0.29, 0.717) is 12.6 Å². The minimum atomic E-state index is 0. The highest BCUT2D eigenvalue weighted by molar-refractivity contribution is 14.0. The molecule has 1 aromatic carbocycles. The summed E-state index contributed by atoms with van der Waals surface area (Å²) in [6, 6.07) is 5.21. The molecular formula is C19H32IN3O4. The lowest BCUT2D eigenvalue weighted by atomic mass is 10.1. The predicted octanol–water partition coefficient (Wildman–Crippen LogP) is 2.61. The molecule has 0 radical (unpaired) electrons. The number of phenols is 1. The Morgan fingerprint density at radius 3 is 2.63 bits per heavy atom. The van der Waals surface area contributed by atoms with Gasteiger partial charge in [0.25, 0.3) is 0 Å². The van der Waals surface area contributed by atoms with Gasteiger partial charge in [0.2, 0.25) is 0 Å². The summed E-state index contributed by atoms with van der Waals surface area (Å²) in [5, 5.41) is 13.3. The number of methoxy groups -OCH3 is 2. The number of hydrogen-bond donors (Lipinski definition) is 2. The average molecular weight is 493 g/mol. The van der Waals surface area contributed by atoms with Crippen LogP contribution in [-0.4, -0.2) is 69.6 Å². The van der Waals surface area contributed by atoms with Crippen molar-refractivity contribution in [3.63, 3.8) is 0 Å². The van der Waals surface area contributed by atoms with Gasteiger partial charge in [-0.05, 0) is 37.5 Å². The molecule has 2 N–H and O–H groups in total. The van der Waals surface area contributed by atoms with Crippen LogP contribution in [0.1, 0.15) is 24.8 Å². The van der Waals surface area contributed by atoms with Gasteiger partial charge in [-0.2, -0.15) is 0 Å². The molecule has 1 aliphatic rings. The normalized spacial score (nSPS) is 15.4. The predicted molar refractivity (Wildman–Crippen MR) is 117 cm³/mol. The van der Waals surface area contributed by atoms with Crippen LogP contribution in [-0.2, 0) is 16.0 Å². The molecule has 0 saturated carbocycles. The third kappa shape index (κ3) is 7.71. The third-order valence-electron chi connectivity index (χ3n) is 4.52. The number of hydrogen-bond acceptors (Lipinski definition) is 5. The molecule has 0 atom stereocenters. The lowest BCUT2D eigenvalue weighted by molar-refractivity contribution is 0.00989. The summed E-state index contributed by atoms with van der Waals surface area (Å²) in [5.74, 6) is 1.81. The number of guanidine groups is 1. The Labute approximate surface area is 179 Å². The van der Waals surface area contributed by atoms with Crippen molar-refractivity contribution in [2.75, 3.05) is 47.6 Å². The Kier molecular flexibility index (Phi) is 11.5. The molecule has 1 aliphatic heterocycles. The molecule has 1 heterocycles. The van der Waals surface area contributed by atoms with Crippen LogP contribution in [0.15, 0.2) is 23.2 Å². The number of ether oxygens (including phenoxy) is 3. The first-order valence-corrected chi connectivity index (χ1v) is 9.10. The molecule has 154 valence electrons. The molecular weight excluding hydrogens is 461 g/mol. The highest BCUT2D eigenvalue weighted by Gasteiger charge is 2.22. The molecule has 0 unspecified atom stereocenters. The minimum Gasteiger partial charge on any atom is -0.508 e. The SMILES string of the molecule is CN=C(NCc1cc(OC)ccc1O)N1CCC(OCCCOC)CC1.I. The van der Waals surface area contributed by atoms with Crippen LogP contribution in [0, 0.1) is 0 Å². The smallest absolute Gasteiger partial charge is 0.193 e. The molecule has 2 rings (SSSR count). The second-order valence-corrected chi connectivity index (χ2v) is 6.30. The van der Waals surface area contributed by atoms with E-state index < -0.39 is 0 Å². The zero-order valence-corrected chi connectivity index (χ0v) is 18.8. The number of nitrogens with one attached hydrogen (secondary N) is 1. The van der Waals surface area contributed by atoms with E-state index >= 15 is 0 Å². The molecule has 7 nitrogen and oxygen atoms in total. The number of halogens is 1. The van der Waals surface area contributed by atoms with Crippen molar-refractivity contribution in [2.45, 2.75) is 31.9 Å². The summed E-state index contributed by atoms with van der Waals surface area (Å²) in [6.45, 7) is 3.79. The summed E-state index contributed by atoms with van der Waals surface area (Å²) >= 11 is 0. The zero-order valence-electron chi connectivity index (χ0n) is 16.4. The van der Waals surface area contributed by atoms with Crippen molar-refractivity contribution in [2.24, 2.45) is 4.99 Å². The number of nitrogens with zero attached hydrogens (tertiary/aromatic N) is 2. The van der Waals surface area contributed by atoms with Gasteiger partial charge in [0.15, 0.2) is 5.96 Å². The number of aliphatic imine (C=N–C) groups is 1. The molecule has 8 heteroatoms. The topological polar surface area (TPSA) is 75.6 Å². The van der Waals surface area contributed by atoms with Gasteiger partial charge in [-0.1, -0.05) is 0 Å². The Morgan fingerprint density at radius 1 is 1.26 bits per heavy atom. The van der Waals surface area contributed by atoms with E-state index in [1.165, 1.54) is 0 Å². The average Bonchev–Trinajstić information content (AvgIpc) is 2.68. The lowest BCUT2D eigenvalue weighted by Crippen LogP contribution is -2.46. The van der Waals surface area contributed by atoms with Crippen molar-refractivity contribution in [1.82, 2.24) is 10.2 Å². The maximum atomic E-state index is 10.0. The van der Waals surface area contributed by atoms with E-state index in [1.807, 2.05) is 6.07 Å². The van der Waals surface area contributed by atoms with Gasteiger partial charge in [0, 0.05) is 52.6 Å². The van der Waals surface area contributed by atoms with Crippen LogP contribution >= 0.6 is 24.0 Å². The van der Waals surface area contributed by atoms with Gasteiger partial charge in [-0.15, -0.1) is 24.0 Å². The van der Waals surface area contributed by atoms with Crippen LogP contribution in [0.4, 0.5) is 0 Å². The van der Waals surface area contributed by atoms with E-state index in [4.69, 9.17) is 14.2 Å². The number of piperidine rings is 1. The fourth-order valence-electron chi connectivity index (χ4n) is 3.02. The first-order chi connectivity index (χ1) is 12.7. The zero-order chi connectivity index (χ0) is 18.8. The van der Waals surface area contributed by atoms with E-state index in [2.05, 4.69) is 15.2 Å². The molecule has 1 aromatic rings. The standard InChI is InChI=1S/C19H31N3O4.HI/c1-20-19(21-14-15-13-17(25-3)5-6-18(15)23)22-9-7-16(8-10-22)26-12-4-11-24-2;/h5-6,13,16,23H,4,7-12,14H2,1-3H3,(H,20,21);1H. The van der Waals surface area contributed by atoms with Crippen molar-refractivity contribution in [1.29, 1.82) is 0 Å². The van der Waals surface area contributed by atoms with Crippen molar-refractivity contribution >= 4 is 29.9 Å². The van der Waals surface area contributed by atoms with E-state index in [9.17, 15) is 5.11 Å². The molecule has 0 aliphatic carbocycles. The molecule has 0 amide bonds. The molecule has 0 bridgehead atoms. The summed E-state index contributed by atoms with van der Waals surface area (Å²) in [4.78, 5) is 6.60. The Balaban J connectivity index is 0.00000364. The second kappa shape index (κ2) is 13.0. The minimum absolute atomic E-state index is 0. The summed E-state index contributed by atoms with van der Waals surface area (Å²) in [6.07, 6.45) is 3.21. The van der Waals surface area contributed by atoms with Crippen LogP contribution in [0.3, 0.4) is 0 Å². The maximum absolute atomic E-state index is 10.0. The number of benzene rings is 1. The van der Waals surface area contributed by atoms with Gasteiger partial charge in [-0.25, -0.2) is 0 Å². The fourth-order valence-corrected chi connectivity index (χ4v) is 3.02. The first-order valence-electron chi connectivity index (χ1n) is 9.10. The largest absolute Gasteiger partial charge is 0.508 e. The van der Waals surface area contributed by atoms with Crippen molar-refractivity contribution < 1.29 is 19.3 Å². The number of aromatic hydroxyl groups is 1. The van der Waals surface area contributed by atoms with Crippen LogP contribution in [0.5, 0.6) is 11.5 Å². The number of likely N-dealkylation sites (tertiary alicyclic amines) is 1. The highest BCUT2D eigenvalue weighted by atomic mass is 127. The third-order valence-corrected chi connectivity index (χ3v) is 4.52. The van der Waals surface area contributed by atoms with Gasteiger partial charge < -0.3 is 29.5 Å². The number of phenolic OH excluding ortho intramolecular Hbond substituents is 1. The van der Waals surface area contributed by atoms with Gasteiger partial charge in [0.05, 0.1) is 13.2 Å². The Morgan fingerprint density at radius 2 is 2.00 bits per heavy atom. The molecule has 1 saturated heterocycles. The van der Waals surface area contributed by atoms with Crippen LogP contribution in [0.25, 0.3) is 0 Å². The van der Waals surface area contributed by atoms with E-state index in [0.717, 1.165) is 62.8 Å². The maximum Gasteiger partial charge on any atom is 0.193 e. The molecule has 0 aromatic heterocycles. The summed E-state index contributed by atoms with van der Waals surface area (Å²) in [5.41, 5.74) is 0.780. The summed E-state index contributed by atoms with van der Waals surface area (Å²) < 4.78 is 16.2. The van der Waals surface area contributed by atoms with Gasteiger partial charge >= 0.3 is 0 Å². The molecule has 27 heavy (non-hydrogen) atoms. The first kappa shape index (κ1) is 23.8. The second-order valence-electron chi connectivity index (χ2n) is 6.30. The Hall–Kier alpha value is -1.26. The van der Waals surface area contributed by atoms with Gasteiger partial charge in [-0.3, -0.25) is 4.99 Å². The lowest BCUT2D eigenvalue weighted by Gasteiger charge is -2.34. The van der Waals surface area contributed by atoms with E-state index in [1.54, 1.807) is 33.4 Å². The molecule has 1 fully saturated rings. The quantitative estimate of drug-likeness (QED) is 0.251. The van der Waals surface area contributed by atoms with Crippen LogP contribution < -0.4 is 10.1 Å². The monoisotopic (exact) mass is 493 g/mol. The highest BCUT2D eigenvalue weighted by Crippen LogP contribution is 2.22. The fraction of sp³-hybridized carbons (Fsp3) is 0.632. The van der Waals surface area contributed by atoms with Crippen LogP contribution in [0.2, 0.25) is 0 Å². The molecule has 0 spiro atoms.